The Balaban J connectivity index is 1.43. The summed E-state index contributed by atoms with van der Waals surface area (Å²) in [5, 5.41) is 4.96. The average Bonchev–Trinajstić information content (AvgIpc) is 3.24. The number of pyridine rings is 1. The van der Waals surface area contributed by atoms with Crippen molar-refractivity contribution in [2.24, 2.45) is 0 Å². The number of hydrogen-bond donors (Lipinski definition) is 1. The molecule has 3 heteroatoms. The van der Waals surface area contributed by atoms with Gasteiger partial charge in [-0.25, -0.2) is 0 Å². The topological polar surface area (TPSA) is 28.2 Å². The lowest BCUT2D eigenvalue weighted by atomic mass is 10.1. The van der Waals surface area contributed by atoms with Crippen molar-refractivity contribution in [2.45, 2.75) is 37.9 Å². The van der Waals surface area contributed by atoms with Crippen LogP contribution in [0.4, 0.5) is 0 Å². The Morgan fingerprint density at radius 3 is 2.95 bits per heavy atom. The van der Waals surface area contributed by atoms with Gasteiger partial charge in [-0.2, -0.15) is 0 Å². The van der Waals surface area contributed by atoms with Crippen molar-refractivity contribution < 1.29 is 0 Å². The molecule has 2 aromatic rings. The zero-order chi connectivity index (χ0) is 13.4. The summed E-state index contributed by atoms with van der Waals surface area (Å²) in [6.45, 7) is 3.43. The lowest BCUT2D eigenvalue weighted by molar-refractivity contribution is 0.317. The summed E-state index contributed by atoms with van der Waals surface area (Å²) in [4.78, 5) is 7.18. The zero-order valence-corrected chi connectivity index (χ0v) is 11.8. The molecule has 1 aromatic carbocycles. The van der Waals surface area contributed by atoms with Crippen molar-refractivity contribution in [1.82, 2.24) is 15.2 Å². The molecule has 1 unspecified atom stereocenters. The second-order valence-corrected chi connectivity index (χ2v) is 6.08. The van der Waals surface area contributed by atoms with E-state index in [1.807, 2.05) is 12.3 Å². The third-order valence-corrected chi connectivity index (χ3v) is 4.58. The van der Waals surface area contributed by atoms with Crippen LogP contribution in [0.15, 0.2) is 36.5 Å². The van der Waals surface area contributed by atoms with Gasteiger partial charge in [-0.1, -0.05) is 24.3 Å². The third kappa shape index (κ3) is 2.43. The van der Waals surface area contributed by atoms with E-state index in [-0.39, 0.29) is 0 Å². The Kier molecular flexibility index (Phi) is 3.17. The van der Waals surface area contributed by atoms with Crippen LogP contribution in [0.2, 0.25) is 0 Å². The number of aromatic nitrogens is 1. The van der Waals surface area contributed by atoms with Gasteiger partial charge in [0.15, 0.2) is 0 Å². The Labute approximate surface area is 120 Å². The second kappa shape index (κ2) is 5.15. The van der Waals surface area contributed by atoms with Gasteiger partial charge in [0.05, 0.1) is 5.52 Å². The van der Waals surface area contributed by atoms with E-state index in [0.717, 1.165) is 18.1 Å². The minimum Gasteiger partial charge on any atom is -0.309 e. The fourth-order valence-electron chi connectivity index (χ4n) is 3.29. The first-order valence-corrected chi connectivity index (χ1v) is 7.70. The smallest absolute Gasteiger partial charge is 0.0746 e. The van der Waals surface area contributed by atoms with Gasteiger partial charge in [0.2, 0.25) is 0 Å². The van der Waals surface area contributed by atoms with E-state index in [9.17, 15) is 0 Å². The Hall–Kier alpha value is -1.45. The van der Waals surface area contributed by atoms with E-state index in [2.05, 4.69) is 39.5 Å². The molecule has 1 saturated carbocycles. The van der Waals surface area contributed by atoms with Crippen molar-refractivity contribution in [3.63, 3.8) is 0 Å². The molecule has 2 aliphatic rings. The number of benzene rings is 1. The molecule has 4 rings (SSSR count). The van der Waals surface area contributed by atoms with Crippen LogP contribution in [0.1, 0.15) is 24.8 Å². The quantitative estimate of drug-likeness (QED) is 0.923. The van der Waals surface area contributed by atoms with Gasteiger partial charge in [0, 0.05) is 43.3 Å². The van der Waals surface area contributed by atoms with Gasteiger partial charge in [0.25, 0.3) is 0 Å². The number of likely N-dealkylation sites (tertiary alicyclic amines) is 1. The Bertz CT molecular complexity index is 601. The van der Waals surface area contributed by atoms with Gasteiger partial charge in [0.1, 0.15) is 0 Å². The van der Waals surface area contributed by atoms with Crippen LogP contribution in [0.25, 0.3) is 10.9 Å². The monoisotopic (exact) mass is 267 g/mol. The first kappa shape index (κ1) is 12.3. The Morgan fingerprint density at radius 2 is 2.05 bits per heavy atom. The van der Waals surface area contributed by atoms with Gasteiger partial charge in [-0.05, 0) is 30.9 Å². The summed E-state index contributed by atoms with van der Waals surface area (Å²) >= 11 is 0. The highest BCUT2D eigenvalue weighted by Gasteiger charge is 2.34. The van der Waals surface area contributed by atoms with Crippen LogP contribution < -0.4 is 5.32 Å². The molecule has 1 aromatic heterocycles. The van der Waals surface area contributed by atoms with Crippen LogP contribution in [-0.4, -0.2) is 35.1 Å². The lowest BCUT2D eigenvalue weighted by Crippen LogP contribution is -2.32. The van der Waals surface area contributed by atoms with Crippen LogP contribution in [0.3, 0.4) is 0 Å². The van der Waals surface area contributed by atoms with Crippen molar-refractivity contribution >= 4 is 10.9 Å². The van der Waals surface area contributed by atoms with Gasteiger partial charge in [-0.3, -0.25) is 9.88 Å². The fourth-order valence-corrected chi connectivity index (χ4v) is 3.29. The molecule has 0 radical (unpaired) electrons. The average molecular weight is 267 g/mol. The SMILES string of the molecule is c1cnc2c(CNC3CCN(C4CC4)C3)cccc2c1. The first-order chi connectivity index (χ1) is 9.90. The highest BCUT2D eigenvalue weighted by molar-refractivity contribution is 5.81. The molecule has 3 nitrogen and oxygen atoms in total. The largest absolute Gasteiger partial charge is 0.309 e. The Morgan fingerprint density at radius 1 is 1.15 bits per heavy atom. The van der Waals surface area contributed by atoms with Crippen molar-refractivity contribution in [1.29, 1.82) is 0 Å². The van der Waals surface area contributed by atoms with Crippen molar-refractivity contribution in [2.75, 3.05) is 13.1 Å². The van der Waals surface area contributed by atoms with E-state index in [1.165, 1.54) is 43.3 Å². The fraction of sp³-hybridized carbons (Fsp3) is 0.471. The zero-order valence-electron chi connectivity index (χ0n) is 11.8. The van der Waals surface area contributed by atoms with E-state index < -0.39 is 0 Å². The van der Waals surface area contributed by atoms with Gasteiger partial charge < -0.3 is 5.32 Å². The molecule has 1 aliphatic heterocycles. The maximum atomic E-state index is 4.53. The molecule has 1 saturated heterocycles. The first-order valence-electron chi connectivity index (χ1n) is 7.70. The normalized spacial score (nSPS) is 23.5. The molecule has 0 spiro atoms. The predicted octanol–water partition coefficient (Wildman–Crippen LogP) is 2.56. The van der Waals surface area contributed by atoms with Crippen LogP contribution in [-0.2, 0) is 6.54 Å². The van der Waals surface area contributed by atoms with Crippen LogP contribution >= 0.6 is 0 Å². The maximum Gasteiger partial charge on any atom is 0.0746 e. The van der Waals surface area contributed by atoms with Gasteiger partial charge in [-0.15, -0.1) is 0 Å². The van der Waals surface area contributed by atoms with E-state index >= 15 is 0 Å². The molecular formula is C17H21N3. The molecule has 1 aliphatic carbocycles. The van der Waals surface area contributed by atoms with Crippen LogP contribution in [0, 0.1) is 0 Å². The minimum absolute atomic E-state index is 0.648. The number of nitrogens with zero attached hydrogens (tertiary/aromatic N) is 2. The summed E-state index contributed by atoms with van der Waals surface area (Å²) in [7, 11) is 0. The summed E-state index contributed by atoms with van der Waals surface area (Å²) < 4.78 is 0. The van der Waals surface area contributed by atoms with Crippen molar-refractivity contribution in [3.8, 4) is 0 Å². The number of fused-ring (bicyclic) bond motifs is 1. The molecule has 1 atom stereocenters. The molecule has 1 N–H and O–H groups in total. The van der Waals surface area contributed by atoms with E-state index in [0.29, 0.717) is 6.04 Å². The number of hydrogen-bond acceptors (Lipinski definition) is 3. The van der Waals surface area contributed by atoms with Crippen molar-refractivity contribution in [3.05, 3.63) is 42.1 Å². The third-order valence-electron chi connectivity index (χ3n) is 4.58. The summed E-state index contributed by atoms with van der Waals surface area (Å²) in [5.74, 6) is 0. The highest BCUT2D eigenvalue weighted by Crippen LogP contribution is 2.29. The summed E-state index contributed by atoms with van der Waals surface area (Å²) in [5.41, 5.74) is 2.45. The number of para-hydroxylation sites is 1. The maximum absolute atomic E-state index is 4.53. The van der Waals surface area contributed by atoms with Gasteiger partial charge >= 0.3 is 0 Å². The molecular weight excluding hydrogens is 246 g/mol. The lowest BCUT2D eigenvalue weighted by Gasteiger charge is -2.16. The molecule has 20 heavy (non-hydrogen) atoms. The molecule has 2 fully saturated rings. The van der Waals surface area contributed by atoms with E-state index in [1.54, 1.807) is 0 Å². The summed E-state index contributed by atoms with van der Waals surface area (Å²) in [6, 6.07) is 12.1. The second-order valence-electron chi connectivity index (χ2n) is 6.08. The van der Waals surface area contributed by atoms with E-state index in [4.69, 9.17) is 0 Å². The number of rotatable bonds is 4. The highest BCUT2D eigenvalue weighted by atomic mass is 15.2. The molecule has 104 valence electrons. The number of nitrogens with one attached hydrogen (secondary N) is 1. The molecule has 2 heterocycles. The molecule has 0 amide bonds. The van der Waals surface area contributed by atoms with Crippen LogP contribution in [0.5, 0.6) is 0 Å². The standard InChI is InChI=1S/C17H21N3/c1-3-13-5-2-9-18-17(13)14(4-1)11-19-15-8-10-20(12-15)16-6-7-16/h1-5,9,15-16,19H,6-8,10-12H2. The minimum atomic E-state index is 0.648. The summed E-state index contributed by atoms with van der Waals surface area (Å²) in [6.07, 6.45) is 6.00. The molecule has 0 bridgehead atoms. The predicted molar refractivity (Wildman–Crippen MR) is 81.6 cm³/mol.